The van der Waals surface area contributed by atoms with Crippen LogP contribution in [0.4, 0.5) is 46.3 Å². The summed E-state index contributed by atoms with van der Waals surface area (Å²) in [6.45, 7) is 8.58. The van der Waals surface area contributed by atoms with Gasteiger partial charge in [-0.2, -0.15) is 20.7 Å². The molecule has 0 radical (unpaired) electrons. The molecular formula is C54H50N22. The number of aromatic nitrogens is 14. The van der Waals surface area contributed by atoms with Crippen LogP contribution in [0.25, 0.3) is 44.1 Å². The monoisotopic (exact) mass is 1010 g/mol. The van der Waals surface area contributed by atoms with Crippen molar-refractivity contribution in [2.75, 3.05) is 45.8 Å². The standard InChI is InChI=1S/2C27H25N11/c2*1-15-19(12-33-26-16(11-28)2-4-31-25(15)26)21-8-17-9-22(32-13-20(17)27(29)34-21)35-23-10-18-3-6-37-7-5-30-24(37)14-38(18)36-23/h2*5,7-10,12-13,16,31H,2-4,6,14H2,1H3,(H2,29,34)(H,32,35,36)/t2*16-/m10/s1. The summed E-state index contributed by atoms with van der Waals surface area (Å²) >= 11 is 0. The third-order valence-corrected chi connectivity index (χ3v) is 14.9. The molecule has 0 unspecified atom stereocenters. The molecule has 14 rings (SSSR count). The molecule has 0 saturated carbocycles. The molecule has 0 spiro atoms. The van der Waals surface area contributed by atoms with Crippen molar-refractivity contribution in [2.24, 2.45) is 0 Å². The quantitative estimate of drug-likeness (QED) is 0.0940. The minimum absolute atomic E-state index is 0.201. The molecule has 2 atom stereocenters. The molecule has 4 aliphatic heterocycles. The Hall–Kier alpha value is -9.96. The summed E-state index contributed by atoms with van der Waals surface area (Å²) in [6, 6.07) is 16.8. The summed E-state index contributed by atoms with van der Waals surface area (Å²) in [6.07, 6.45) is 18.0. The topological polar surface area (TPSA) is 296 Å². The molecule has 0 saturated heterocycles. The summed E-state index contributed by atoms with van der Waals surface area (Å²) in [4.78, 5) is 36.6. The number of nitrogens with one attached hydrogen (secondary N) is 4. The SMILES string of the molecule is Cc1c(-c2cc3cc(Nc4cc5n(n4)Cc4nccn4CC5)ncc3c(N)n2)cnc2c1NCC[C@@H]2C#N.Cc1c(-c2cc3cc(Nc4cc5n(n4)Cc4nccn4CC5)ncc3c(N)n2)cnc2c1NCC[C@H]2C#N. The Morgan fingerprint density at radius 3 is 1.49 bits per heavy atom. The molecule has 0 aliphatic carbocycles. The van der Waals surface area contributed by atoms with E-state index in [0.717, 1.165) is 164 Å². The van der Waals surface area contributed by atoms with E-state index in [9.17, 15) is 10.5 Å². The zero-order valence-electron chi connectivity index (χ0n) is 41.6. The van der Waals surface area contributed by atoms with Crippen molar-refractivity contribution in [3.63, 3.8) is 0 Å². The first-order chi connectivity index (χ1) is 37.1. The fourth-order valence-electron chi connectivity index (χ4n) is 10.8. The van der Waals surface area contributed by atoms with Gasteiger partial charge in [0.2, 0.25) is 0 Å². The number of imidazole rings is 2. The van der Waals surface area contributed by atoms with Gasteiger partial charge in [-0.15, -0.1) is 0 Å². The fraction of sp³-hybridized carbons (Fsp3) is 0.259. The van der Waals surface area contributed by atoms with Gasteiger partial charge in [0.1, 0.15) is 34.9 Å². The van der Waals surface area contributed by atoms with Gasteiger partial charge in [-0.05, 0) is 72.9 Å². The lowest BCUT2D eigenvalue weighted by Gasteiger charge is -2.24. The van der Waals surface area contributed by atoms with Crippen molar-refractivity contribution < 1.29 is 0 Å². The molecule has 14 heterocycles. The molecule has 0 amide bonds. The lowest BCUT2D eigenvalue weighted by molar-refractivity contribution is 0.641. The molecule has 10 aromatic heterocycles. The number of fused-ring (bicyclic) bond motifs is 8. The molecule has 22 heteroatoms. The molecule has 8 N–H and O–H groups in total. The zero-order chi connectivity index (χ0) is 51.6. The third kappa shape index (κ3) is 8.21. The lowest BCUT2D eigenvalue weighted by Crippen LogP contribution is -2.18. The van der Waals surface area contributed by atoms with Crippen LogP contribution in [0.2, 0.25) is 0 Å². The van der Waals surface area contributed by atoms with Crippen LogP contribution in [0.1, 0.15) is 70.2 Å². The molecule has 0 fully saturated rings. The lowest BCUT2D eigenvalue weighted by atomic mass is 9.93. The number of nitriles is 2. The molecule has 0 aromatic carbocycles. The second kappa shape index (κ2) is 18.5. The van der Waals surface area contributed by atoms with Crippen molar-refractivity contribution in [2.45, 2.75) is 77.5 Å². The average Bonchev–Trinajstić information content (AvgIpc) is 4.22. The van der Waals surface area contributed by atoms with E-state index in [-0.39, 0.29) is 11.8 Å². The Labute approximate surface area is 434 Å². The highest BCUT2D eigenvalue weighted by molar-refractivity contribution is 5.96. The number of nitrogens with two attached hydrogens (primary N) is 2. The second-order valence-corrected chi connectivity index (χ2v) is 19.5. The third-order valence-electron chi connectivity index (χ3n) is 14.9. The van der Waals surface area contributed by atoms with Gasteiger partial charge in [0.15, 0.2) is 11.6 Å². The highest BCUT2D eigenvalue weighted by Gasteiger charge is 2.27. The first kappa shape index (κ1) is 45.9. The number of nitrogen functional groups attached to an aromatic ring is 2. The van der Waals surface area contributed by atoms with Gasteiger partial charge in [0.05, 0.1) is 71.2 Å². The van der Waals surface area contributed by atoms with Crippen LogP contribution in [-0.4, -0.2) is 81.7 Å². The van der Waals surface area contributed by atoms with Gasteiger partial charge >= 0.3 is 0 Å². The van der Waals surface area contributed by atoms with Gasteiger partial charge in [-0.3, -0.25) is 19.3 Å². The first-order valence-electron chi connectivity index (χ1n) is 25.2. The number of hydrogen-bond acceptors (Lipinski definition) is 18. The van der Waals surface area contributed by atoms with E-state index < -0.39 is 0 Å². The van der Waals surface area contributed by atoms with E-state index in [1.54, 1.807) is 24.8 Å². The Balaban J connectivity index is 0.000000146. The van der Waals surface area contributed by atoms with Gasteiger partial charge in [-0.25, -0.2) is 29.9 Å². The zero-order valence-corrected chi connectivity index (χ0v) is 41.6. The van der Waals surface area contributed by atoms with Crippen LogP contribution >= 0.6 is 0 Å². The minimum atomic E-state index is -0.201. The number of rotatable bonds is 6. The summed E-state index contributed by atoms with van der Waals surface area (Å²) in [5.74, 6) is 5.22. The van der Waals surface area contributed by atoms with Gasteiger partial charge in [-0.1, -0.05) is 0 Å². The molecule has 376 valence electrons. The van der Waals surface area contributed by atoms with Crippen LogP contribution in [0.5, 0.6) is 0 Å². The van der Waals surface area contributed by atoms with Gasteiger partial charge in [0.25, 0.3) is 0 Å². The molecule has 0 bridgehead atoms. The van der Waals surface area contributed by atoms with Crippen molar-refractivity contribution in [1.82, 2.24) is 68.6 Å². The van der Waals surface area contributed by atoms with E-state index >= 15 is 0 Å². The summed E-state index contributed by atoms with van der Waals surface area (Å²) in [5.41, 5.74) is 23.7. The predicted octanol–water partition coefficient (Wildman–Crippen LogP) is 7.49. The van der Waals surface area contributed by atoms with E-state index in [0.29, 0.717) is 36.4 Å². The Morgan fingerprint density at radius 2 is 1.04 bits per heavy atom. The van der Waals surface area contributed by atoms with Crippen LogP contribution in [0, 0.1) is 36.5 Å². The normalized spacial score (nSPS) is 16.1. The summed E-state index contributed by atoms with van der Waals surface area (Å²) in [7, 11) is 0. The van der Waals surface area contributed by atoms with Crippen LogP contribution in [-0.2, 0) is 39.0 Å². The smallest absolute Gasteiger partial charge is 0.153 e. The maximum atomic E-state index is 9.52. The molecule has 76 heavy (non-hydrogen) atoms. The number of anilines is 8. The van der Waals surface area contributed by atoms with Crippen LogP contribution < -0.4 is 32.7 Å². The molecule has 4 aliphatic rings. The van der Waals surface area contributed by atoms with E-state index in [1.807, 2.05) is 72.3 Å². The maximum Gasteiger partial charge on any atom is 0.153 e. The fourth-order valence-corrected chi connectivity index (χ4v) is 10.8. The van der Waals surface area contributed by atoms with Crippen LogP contribution in [0.3, 0.4) is 0 Å². The van der Waals surface area contributed by atoms with Crippen molar-refractivity contribution in [3.05, 3.63) is 132 Å². The van der Waals surface area contributed by atoms with Crippen LogP contribution in [0.15, 0.2) is 86.0 Å². The average molecular weight is 1010 g/mol. The number of aryl methyl sites for hydroxylation is 4. The predicted molar refractivity (Wildman–Crippen MR) is 288 cm³/mol. The number of pyridine rings is 6. The molecule has 10 aromatic rings. The minimum Gasteiger partial charge on any atom is -0.383 e. The van der Waals surface area contributed by atoms with Gasteiger partial charge < -0.3 is 41.9 Å². The molecular weight excluding hydrogens is 957 g/mol. The highest BCUT2D eigenvalue weighted by atomic mass is 15.4. The van der Waals surface area contributed by atoms with E-state index in [4.69, 9.17) is 21.7 Å². The van der Waals surface area contributed by atoms with Crippen molar-refractivity contribution in [1.29, 1.82) is 10.5 Å². The number of nitrogens with zero attached hydrogens (tertiary/aromatic N) is 16. The maximum absolute atomic E-state index is 9.52. The second-order valence-electron chi connectivity index (χ2n) is 19.5. The van der Waals surface area contributed by atoms with Gasteiger partial charge in [0, 0.05) is 134 Å². The Bertz CT molecular complexity index is 3770. The summed E-state index contributed by atoms with van der Waals surface area (Å²) < 4.78 is 8.32. The van der Waals surface area contributed by atoms with E-state index in [2.05, 4.69) is 94.5 Å². The largest absolute Gasteiger partial charge is 0.383 e. The Kier molecular flexibility index (Phi) is 11.2. The number of hydrogen-bond donors (Lipinski definition) is 6. The first-order valence-corrected chi connectivity index (χ1v) is 25.2. The highest BCUT2D eigenvalue weighted by Crippen LogP contribution is 2.40. The summed E-state index contributed by atoms with van der Waals surface area (Å²) in [5, 5.41) is 45.4. The molecule has 22 nitrogen and oxygen atoms in total. The Morgan fingerprint density at radius 1 is 0.579 bits per heavy atom. The van der Waals surface area contributed by atoms with Crippen molar-refractivity contribution >= 4 is 67.8 Å². The van der Waals surface area contributed by atoms with Crippen molar-refractivity contribution in [3.8, 4) is 34.7 Å². The van der Waals surface area contributed by atoms with E-state index in [1.165, 1.54) is 0 Å².